The van der Waals surface area contributed by atoms with Crippen LogP contribution in [-0.2, 0) is 0 Å². The van der Waals surface area contributed by atoms with Crippen LogP contribution in [-0.4, -0.2) is 40.9 Å². The summed E-state index contributed by atoms with van der Waals surface area (Å²) in [6, 6.07) is 18.4. The third-order valence-electron chi connectivity index (χ3n) is 7.54. The highest BCUT2D eigenvalue weighted by atomic mass is 15.3. The molecule has 2 N–H and O–H groups in total. The summed E-state index contributed by atoms with van der Waals surface area (Å²) in [6.45, 7) is 4.03. The predicted molar refractivity (Wildman–Crippen MR) is 139 cm³/mol. The van der Waals surface area contributed by atoms with Gasteiger partial charge in [0.2, 0.25) is 0 Å². The van der Waals surface area contributed by atoms with E-state index in [-0.39, 0.29) is 0 Å². The van der Waals surface area contributed by atoms with Crippen molar-refractivity contribution in [2.75, 3.05) is 26.2 Å². The Kier molecular flexibility index (Phi) is 6.13. The number of nitrogens with zero attached hydrogens (tertiary/aromatic N) is 3. The maximum atomic E-state index is 4.73. The molecule has 34 heavy (non-hydrogen) atoms. The number of nitrogens with one attached hydrogen (secondary N) is 2. The highest BCUT2D eigenvalue weighted by Gasteiger charge is 2.25. The van der Waals surface area contributed by atoms with Gasteiger partial charge in [0, 0.05) is 30.3 Å². The minimum atomic E-state index is 0.471. The molecule has 0 amide bonds. The molecule has 1 saturated carbocycles. The van der Waals surface area contributed by atoms with E-state index in [1.807, 2.05) is 0 Å². The predicted octanol–water partition coefficient (Wildman–Crippen LogP) is 5.48. The van der Waals surface area contributed by atoms with Crippen LogP contribution >= 0.6 is 0 Å². The molecule has 1 fully saturated rings. The zero-order valence-electron chi connectivity index (χ0n) is 19.8. The maximum absolute atomic E-state index is 4.73. The van der Waals surface area contributed by atoms with E-state index in [9.17, 15) is 0 Å². The molecule has 5 heteroatoms. The Bertz CT molecular complexity index is 1110. The van der Waals surface area contributed by atoms with Gasteiger partial charge in [-0.05, 0) is 61.0 Å². The number of hydrogen-bond acceptors (Lipinski definition) is 4. The van der Waals surface area contributed by atoms with Gasteiger partial charge < -0.3 is 15.2 Å². The van der Waals surface area contributed by atoms with Crippen LogP contribution in [0, 0.1) is 0 Å². The van der Waals surface area contributed by atoms with Crippen LogP contribution in [0.3, 0.4) is 0 Å². The zero-order valence-corrected chi connectivity index (χ0v) is 19.8. The van der Waals surface area contributed by atoms with Crippen molar-refractivity contribution >= 4 is 11.1 Å². The normalized spacial score (nSPS) is 19.2. The van der Waals surface area contributed by atoms with E-state index in [1.165, 1.54) is 48.0 Å². The summed E-state index contributed by atoms with van der Waals surface area (Å²) < 4.78 is 2.42. The van der Waals surface area contributed by atoms with Crippen molar-refractivity contribution in [1.82, 2.24) is 25.4 Å². The molecule has 6 rings (SSSR count). The standard InChI is InChI=1S/C29H33N5/c1-2-4-27(3-1)34-28(25-9-5-21(6-10-25)23-13-17-30-18-14-23)32-33-29(34)26-11-7-22(8-12-26)24-15-19-31-20-16-24/h5-13,15,27,30-31H,1-4,14,16-20H2. The van der Waals surface area contributed by atoms with Gasteiger partial charge >= 0.3 is 0 Å². The van der Waals surface area contributed by atoms with Crippen LogP contribution < -0.4 is 10.6 Å². The molecule has 5 nitrogen and oxygen atoms in total. The fourth-order valence-electron chi connectivity index (χ4n) is 5.63. The van der Waals surface area contributed by atoms with E-state index in [0.717, 1.165) is 61.8 Å². The van der Waals surface area contributed by atoms with Gasteiger partial charge in [-0.2, -0.15) is 0 Å². The summed E-state index contributed by atoms with van der Waals surface area (Å²) >= 11 is 0. The summed E-state index contributed by atoms with van der Waals surface area (Å²) in [5.74, 6) is 2.00. The van der Waals surface area contributed by atoms with Crippen molar-refractivity contribution in [2.45, 2.75) is 44.6 Å². The van der Waals surface area contributed by atoms with Crippen molar-refractivity contribution in [3.8, 4) is 22.8 Å². The summed E-state index contributed by atoms with van der Waals surface area (Å²) in [6.07, 6.45) is 11.8. The molecule has 0 atom stereocenters. The number of aromatic nitrogens is 3. The van der Waals surface area contributed by atoms with Crippen LogP contribution in [0.15, 0.2) is 60.7 Å². The van der Waals surface area contributed by atoms with Crippen molar-refractivity contribution in [3.05, 3.63) is 71.8 Å². The first-order valence-corrected chi connectivity index (χ1v) is 12.8. The lowest BCUT2D eigenvalue weighted by Crippen LogP contribution is -2.20. The fraction of sp³-hybridized carbons (Fsp3) is 0.379. The quantitative estimate of drug-likeness (QED) is 0.539. The first kappa shape index (κ1) is 21.5. The molecule has 174 valence electrons. The van der Waals surface area contributed by atoms with Crippen LogP contribution in [0.1, 0.15) is 55.7 Å². The van der Waals surface area contributed by atoms with E-state index < -0.39 is 0 Å². The Hall–Kier alpha value is -3.02. The molecule has 0 bridgehead atoms. The summed E-state index contributed by atoms with van der Waals surface area (Å²) in [7, 11) is 0. The minimum absolute atomic E-state index is 0.471. The molecule has 2 aliphatic heterocycles. The Morgan fingerprint density at radius 2 is 1.06 bits per heavy atom. The van der Waals surface area contributed by atoms with Gasteiger partial charge in [0.15, 0.2) is 11.6 Å². The molecule has 1 aliphatic carbocycles. The number of hydrogen-bond donors (Lipinski definition) is 2. The second kappa shape index (κ2) is 9.69. The third kappa shape index (κ3) is 4.26. The number of rotatable bonds is 5. The first-order chi connectivity index (χ1) is 16.9. The van der Waals surface area contributed by atoms with Crippen molar-refractivity contribution in [1.29, 1.82) is 0 Å². The highest BCUT2D eigenvalue weighted by Crippen LogP contribution is 2.37. The fourth-order valence-corrected chi connectivity index (χ4v) is 5.63. The first-order valence-electron chi connectivity index (χ1n) is 12.8. The van der Waals surface area contributed by atoms with E-state index >= 15 is 0 Å². The molecule has 3 heterocycles. The third-order valence-corrected chi connectivity index (χ3v) is 7.54. The molecular formula is C29H33N5. The molecular weight excluding hydrogens is 418 g/mol. The Balaban J connectivity index is 1.34. The smallest absolute Gasteiger partial charge is 0.164 e. The van der Waals surface area contributed by atoms with E-state index in [2.05, 4.69) is 75.9 Å². The van der Waals surface area contributed by atoms with Gasteiger partial charge in [-0.1, -0.05) is 73.5 Å². The van der Waals surface area contributed by atoms with E-state index in [4.69, 9.17) is 10.2 Å². The molecule has 0 unspecified atom stereocenters. The lowest BCUT2D eigenvalue weighted by Gasteiger charge is -2.18. The zero-order chi connectivity index (χ0) is 22.7. The van der Waals surface area contributed by atoms with Crippen molar-refractivity contribution in [3.63, 3.8) is 0 Å². The van der Waals surface area contributed by atoms with Gasteiger partial charge in [-0.15, -0.1) is 10.2 Å². The minimum Gasteiger partial charge on any atom is -0.313 e. The molecule has 2 aromatic carbocycles. The summed E-state index contributed by atoms with van der Waals surface area (Å²) in [4.78, 5) is 0. The average molecular weight is 452 g/mol. The Morgan fingerprint density at radius 1 is 0.618 bits per heavy atom. The highest BCUT2D eigenvalue weighted by molar-refractivity contribution is 5.72. The van der Waals surface area contributed by atoms with Gasteiger partial charge in [0.1, 0.15) is 0 Å². The topological polar surface area (TPSA) is 54.8 Å². The van der Waals surface area contributed by atoms with Gasteiger partial charge in [-0.3, -0.25) is 0 Å². The van der Waals surface area contributed by atoms with Crippen LogP contribution in [0.25, 0.3) is 33.9 Å². The molecule has 0 saturated heterocycles. The molecule has 0 radical (unpaired) electrons. The van der Waals surface area contributed by atoms with E-state index in [1.54, 1.807) is 0 Å². The number of benzene rings is 2. The molecule has 1 aromatic heterocycles. The lowest BCUT2D eigenvalue weighted by molar-refractivity contribution is 0.527. The van der Waals surface area contributed by atoms with Gasteiger partial charge in [-0.25, -0.2) is 0 Å². The van der Waals surface area contributed by atoms with Crippen LogP contribution in [0.2, 0.25) is 0 Å². The maximum Gasteiger partial charge on any atom is 0.164 e. The molecule has 0 spiro atoms. The van der Waals surface area contributed by atoms with Crippen LogP contribution in [0.5, 0.6) is 0 Å². The largest absolute Gasteiger partial charge is 0.313 e. The summed E-state index contributed by atoms with van der Waals surface area (Å²) in [5, 5.41) is 16.3. The van der Waals surface area contributed by atoms with Gasteiger partial charge in [0.05, 0.1) is 0 Å². The van der Waals surface area contributed by atoms with Crippen LogP contribution in [0.4, 0.5) is 0 Å². The van der Waals surface area contributed by atoms with Gasteiger partial charge in [0.25, 0.3) is 0 Å². The molecule has 3 aliphatic rings. The second-order valence-corrected chi connectivity index (χ2v) is 9.68. The lowest BCUT2D eigenvalue weighted by atomic mass is 9.98. The summed E-state index contributed by atoms with van der Waals surface area (Å²) in [5.41, 5.74) is 7.82. The SMILES string of the molecule is C1=C(c2ccc(-c3nnc(-c4ccc(C5=CCNCC5)cc4)n3C3CCCC3)cc2)CCNC1. The van der Waals surface area contributed by atoms with Crippen molar-refractivity contribution in [2.24, 2.45) is 0 Å². The average Bonchev–Trinajstić information content (AvgIpc) is 3.60. The molecule has 3 aromatic rings. The van der Waals surface area contributed by atoms with E-state index in [0.29, 0.717) is 6.04 Å². The Labute approximate surface area is 202 Å². The second-order valence-electron chi connectivity index (χ2n) is 9.68. The van der Waals surface area contributed by atoms with Crippen molar-refractivity contribution < 1.29 is 0 Å². The monoisotopic (exact) mass is 451 g/mol. The Morgan fingerprint density at radius 3 is 1.47 bits per heavy atom.